The van der Waals surface area contributed by atoms with Crippen molar-refractivity contribution in [3.63, 3.8) is 0 Å². The largest absolute Gasteiger partial charge is 0.278 e. The van der Waals surface area contributed by atoms with Crippen LogP contribution in [0.2, 0.25) is 0 Å². The second-order valence-electron chi connectivity index (χ2n) is 4.20. The van der Waals surface area contributed by atoms with Crippen LogP contribution in [0, 0.1) is 5.92 Å². The molecule has 1 saturated carbocycles. The SMILES string of the molecule is CN(C)S(=O)(=O)NCC1CCCCC1Cl. The summed E-state index contributed by atoms with van der Waals surface area (Å²) in [6.45, 7) is 0.453. The van der Waals surface area contributed by atoms with Gasteiger partial charge in [-0.25, -0.2) is 4.72 Å². The van der Waals surface area contributed by atoms with Crippen molar-refractivity contribution in [2.75, 3.05) is 20.6 Å². The summed E-state index contributed by atoms with van der Waals surface area (Å²) in [6, 6.07) is 0. The van der Waals surface area contributed by atoms with Crippen molar-refractivity contribution in [3.05, 3.63) is 0 Å². The van der Waals surface area contributed by atoms with Crippen LogP contribution >= 0.6 is 11.6 Å². The summed E-state index contributed by atoms with van der Waals surface area (Å²) in [5, 5.41) is 0.114. The average molecular weight is 255 g/mol. The zero-order valence-electron chi connectivity index (χ0n) is 9.24. The average Bonchev–Trinajstić information content (AvgIpc) is 2.16. The Morgan fingerprint density at radius 2 is 1.93 bits per heavy atom. The highest BCUT2D eigenvalue weighted by atomic mass is 35.5. The van der Waals surface area contributed by atoms with E-state index in [0.717, 1.165) is 25.7 Å². The van der Waals surface area contributed by atoms with Crippen LogP contribution < -0.4 is 4.72 Å². The molecule has 0 aromatic rings. The van der Waals surface area contributed by atoms with E-state index in [9.17, 15) is 8.42 Å². The van der Waals surface area contributed by atoms with Crippen LogP contribution in [-0.4, -0.2) is 38.7 Å². The van der Waals surface area contributed by atoms with Gasteiger partial charge in [0.15, 0.2) is 0 Å². The minimum Gasteiger partial charge on any atom is -0.202 e. The highest BCUT2D eigenvalue weighted by Crippen LogP contribution is 2.28. The van der Waals surface area contributed by atoms with E-state index in [2.05, 4.69) is 4.72 Å². The fraction of sp³-hybridized carbons (Fsp3) is 1.00. The van der Waals surface area contributed by atoms with E-state index in [4.69, 9.17) is 11.6 Å². The minimum absolute atomic E-state index is 0.114. The van der Waals surface area contributed by atoms with Crippen LogP contribution in [0.3, 0.4) is 0 Å². The second-order valence-corrected chi connectivity index (χ2v) is 6.73. The summed E-state index contributed by atoms with van der Waals surface area (Å²) in [6.07, 6.45) is 4.32. The molecule has 2 atom stereocenters. The van der Waals surface area contributed by atoms with Crippen molar-refractivity contribution >= 4 is 21.8 Å². The lowest BCUT2D eigenvalue weighted by molar-refractivity contribution is 0.361. The summed E-state index contributed by atoms with van der Waals surface area (Å²) >= 11 is 6.14. The number of alkyl halides is 1. The predicted octanol–water partition coefficient (Wildman–Crippen LogP) is 1.18. The second kappa shape index (κ2) is 5.48. The summed E-state index contributed by atoms with van der Waals surface area (Å²) < 4.78 is 26.7. The summed E-state index contributed by atoms with van der Waals surface area (Å²) in [5.41, 5.74) is 0. The third kappa shape index (κ3) is 3.90. The van der Waals surface area contributed by atoms with E-state index >= 15 is 0 Å². The van der Waals surface area contributed by atoms with E-state index in [1.165, 1.54) is 18.4 Å². The van der Waals surface area contributed by atoms with Gasteiger partial charge in [-0.05, 0) is 18.8 Å². The van der Waals surface area contributed by atoms with E-state index in [1.807, 2.05) is 0 Å². The van der Waals surface area contributed by atoms with Crippen molar-refractivity contribution in [3.8, 4) is 0 Å². The molecule has 0 aliphatic heterocycles. The first kappa shape index (κ1) is 13.2. The van der Waals surface area contributed by atoms with Crippen LogP contribution in [0.5, 0.6) is 0 Å². The van der Waals surface area contributed by atoms with Gasteiger partial charge >= 0.3 is 0 Å². The van der Waals surface area contributed by atoms with Crippen LogP contribution in [0.15, 0.2) is 0 Å². The van der Waals surface area contributed by atoms with Gasteiger partial charge < -0.3 is 0 Å². The number of rotatable bonds is 4. The normalized spacial score (nSPS) is 28.3. The molecular formula is C9H19ClN2O2S. The van der Waals surface area contributed by atoms with E-state index in [0.29, 0.717) is 6.54 Å². The Balaban J connectivity index is 2.42. The maximum absolute atomic E-state index is 11.5. The Morgan fingerprint density at radius 1 is 1.33 bits per heavy atom. The molecule has 0 bridgehead atoms. The van der Waals surface area contributed by atoms with E-state index in [1.54, 1.807) is 0 Å². The molecule has 90 valence electrons. The Hall–Kier alpha value is 0.160. The molecule has 15 heavy (non-hydrogen) atoms. The molecule has 0 spiro atoms. The molecule has 0 aromatic heterocycles. The summed E-state index contributed by atoms with van der Waals surface area (Å²) in [5.74, 6) is 0.273. The maximum atomic E-state index is 11.5. The molecule has 0 radical (unpaired) electrons. The standard InChI is InChI=1S/C9H19ClN2O2S/c1-12(2)15(13,14)11-7-8-5-3-4-6-9(8)10/h8-9,11H,3-7H2,1-2H3. The van der Waals surface area contributed by atoms with Gasteiger partial charge in [-0.15, -0.1) is 11.6 Å². The molecule has 1 aliphatic rings. The van der Waals surface area contributed by atoms with E-state index < -0.39 is 10.2 Å². The van der Waals surface area contributed by atoms with Crippen molar-refractivity contribution in [1.29, 1.82) is 0 Å². The molecule has 1 aliphatic carbocycles. The van der Waals surface area contributed by atoms with Crippen molar-refractivity contribution in [1.82, 2.24) is 9.03 Å². The molecule has 0 heterocycles. The molecular weight excluding hydrogens is 236 g/mol. The van der Waals surface area contributed by atoms with Crippen LogP contribution in [-0.2, 0) is 10.2 Å². The molecule has 1 rings (SSSR count). The van der Waals surface area contributed by atoms with Crippen LogP contribution in [0.25, 0.3) is 0 Å². The van der Waals surface area contributed by atoms with Gasteiger partial charge in [0.25, 0.3) is 10.2 Å². The van der Waals surface area contributed by atoms with Gasteiger partial charge in [-0.3, -0.25) is 0 Å². The summed E-state index contributed by atoms with van der Waals surface area (Å²) in [7, 11) is -0.266. The number of hydrogen-bond donors (Lipinski definition) is 1. The van der Waals surface area contributed by atoms with Gasteiger partial charge in [-0.2, -0.15) is 12.7 Å². The Bertz CT molecular complexity index is 292. The highest BCUT2D eigenvalue weighted by molar-refractivity contribution is 7.87. The van der Waals surface area contributed by atoms with Crippen LogP contribution in [0.1, 0.15) is 25.7 Å². The molecule has 4 nitrogen and oxygen atoms in total. The molecule has 0 amide bonds. The van der Waals surface area contributed by atoms with Gasteiger partial charge in [0.05, 0.1) is 0 Å². The van der Waals surface area contributed by atoms with Gasteiger partial charge in [-0.1, -0.05) is 12.8 Å². The topological polar surface area (TPSA) is 49.4 Å². The maximum Gasteiger partial charge on any atom is 0.278 e. The number of nitrogens with one attached hydrogen (secondary N) is 1. The lowest BCUT2D eigenvalue weighted by atomic mass is 9.89. The number of hydrogen-bond acceptors (Lipinski definition) is 2. The smallest absolute Gasteiger partial charge is 0.202 e. The molecule has 6 heteroatoms. The van der Waals surface area contributed by atoms with Crippen LogP contribution in [0.4, 0.5) is 0 Å². The zero-order chi connectivity index (χ0) is 11.5. The number of halogens is 1. The Labute approximate surface area is 97.2 Å². The van der Waals surface area contributed by atoms with E-state index in [-0.39, 0.29) is 11.3 Å². The quantitative estimate of drug-likeness (QED) is 0.766. The monoisotopic (exact) mass is 254 g/mol. The van der Waals surface area contributed by atoms with Crippen molar-refractivity contribution in [2.45, 2.75) is 31.1 Å². The zero-order valence-corrected chi connectivity index (χ0v) is 10.8. The fourth-order valence-electron chi connectivity index (χ4n) is 1.73. The van der Waals surface area contributed by atoms with Crippen molar-refractivity contribution < 1.29 is 8.42 Å². The van der Waals surface area contributed by atoms with Gasteiger partial charge in [0, 0.05) is 26.0 Å². The Kier molecular flexibility index (Phi) is 4.83. The predicted molar refractivity (Wildman–Crippen MR) is 62.2 cm³/mol. The first-order valence-electron chi connectivity index (χ1n) is 5.24. The highest BCUT2D eigenvalue weighted by Gasteiger charge is 2.25. The summed E-state index contributed by atoms with van der Waals surface area (Å²) in [4.78, 5) is 0. The van der Waals surface area contributed by atoms with Crippen molar-refractivity contribution in [2.24, 2.45) is 5.92 Å². The first-order chi connectivity index (χ1) is 6.93. The molecule has 0 saturated heterocycles. The minimum atomic E-state index is -3.30. The van der Waals surface area contributed by atoms with Gasteiger partial charge in [0.2, 0.25) is 0 Å². The Morgan fingerprint density at radius 3 is 2.47 bits per heavy atom. The molecule has 2 unspecified atom stereocenters. The third-order valence-electron chi connectivity index (χ3n) is 2.82. The third-order valence-corrected chi connectivity index (χ3v) is 4.89. The molecule has 1 N–H and O–H groups in total. The number of nitrogens with zero attached hydrogens (tertiary/aromatic N) is 1. The first-order valence-corrected chi connectivity index (χ1v) is 7.12. The fourth-order valence-corrected chi connectivity index (χ4v) is 2.79. The molecule has 1 fully saturated rings. The lowest BCUT2D eigenvalue weighted by Crippen LogP contribution is -2.40. The van der Waals surface area contributed by atoms with Gasteiger partial charge in [0.1, 0.15) is 0 Å². The lowest BCUT2D eigenvalue weighted by Gasteiger charge is -2.27. The molecule has 0 aromatic carbocycles.